The minimum Gasteiger partial charge on any atom is -0.493 e. The molecule has 0 aliphatic heterocycles. The molecule has 1 aromatic carbocycles. The number of hydrogen-bond acceptors (Lipinski definition) is 7. The largest absolute Gasteiger partial charge is 0.493 e. The SMILES string of the molecule is CCOC(=O)C(C)C(=O)CC(O)c1cc(OC)c(OC)c(OC)c1. The summed E-state index contributed by atoms with van der Waals surface area (Å²) in [4.78, 5) is 23.7. The predicted octanol–water partition coefficient (Wildman–Crippen LogP) is 1.90. The number of aliphatic hydroxyl groups is 1. The standard InChI is InChI=1S/C17H24O7/c1-6-24-17(20)10(2)12(18)9-13(19)11-7-14(21-3)16(23-5)15(8-11)22-4/h7-8,10,13,19H,6,9H2,1-5H3. The maximum absolute atomic E-state index is 12.1. The van der Waals surface area contributed by atoms with Gasteiger partial charge in [-0.2, -0.15) is 0 Å². The summed E-state index contributed by atoms with van der Waals surface area (Å²) in [7, 11) is 4.39. The fourth-order valence-corrected chi connectivity index (χ4v) is 2.18. The highest BCUT2D eigenvalue weighted by molar-refractivity contribution is 5.98. The van der Waals surface area contributed by atoms with Crippen molar-refractivity contribution in [3.8, 4) is 17.2 Å². The van der Waals surface area contributed by atoms with Gasteiger partial charge in [0.15, 0.2) is 11.5 Å². The lowest BCUT2D eigenvalue weighted by molar-refractivity contribution is -0.151. The molecule has 0 aliphatic rings. The van der Waals surface area contributed by atoms with Crippen LogP contribution >= 0.6 is 0 Å². The molecular formula is C17H24O7. The molecule has 0 saturated heterocycles. The van der Waals surface area contributed by atoms with Crippen molar-refractivity contribution in [3.05, 3.63) is 17.7 Å². The first-order valence-corrected chi connectivity index (χ1v) is 7.56. The molecule has 0 aromatic heterocycles. The van der Waals surface area contributed by atoms with Gasteiger partial charge in [-0.1, -0.05) is 0 Å². The molecule has 1 aromatic rings. The van der Waals surface area contributed by atoms with E-state index in [2.05, 4.69) is 0 Å². The summed E-state index contributed by atoms with van der Waals surface area (Å²) in [5.74, 6) is -0.799. The predicted molar refractivity (Wildman–Crippen MR) is 86.5 cm³/mol. The van der Waals surface area contributed by atoms with Crippen LogP contribution < -0.4 is 14.2 Å². The van der Waals surface area contributed by atoms with Gasteiger partial charge >= 0.3 is 5.97 Å². The fourth-order valence-electron chi connectivity index (χ4n) is 2.18. The minimum absolute atomic E-state index is 0.200. The molecule has 0 fully saturated rings. The van der Waals surface area contributed by atoms with E-state index in [4.69, 9.17) is 18.9 Å². The third kappa shape index (κ3) is 4.61. The molecule has 0 aliphatic carbocycles. The molecular weight excluding hydrogens is 316 g/mol. The lowest BCUT2D eigenvalue weighted by atomic mass is 9.97. The van der Waals surface area contributed by atoms with Crippen molar-refractivity contribution in [2.45, 2.75) is 26.4 Å². The molecule has 0 spiro atoms. The quantitative estimate of drug-likeness (QED) is 0.542. The van der Waals surface area contributed by atoms with Crippen molar-refractivity contribution in [2.24, 2.45) is 5.92 Å². The number of aliphatic hydroxyl groups excluding tert-OH is 1. The van der Waals surface area contributed by atoms with Crippen molar-refractivity contribution in [1.82, 2.24) is 0 Å². The molecule has 134 valence electrons. The minimum atomic E-state index is -1.11. The maximum atomic E-state index is 12.1. The summed E-state index contributed by atoms with van der Waals surface area (Å²) in [6, 6.07) is 3.13. The van der Waals surface area contributed by atoms with Gasteiger partial charge in [-0.3, -0.25) is 9.59 Å². The van der Waals surface area contributed by atoms with Crippen LogP contribution in [0.25, 0.3) is 0 Å². The molecule has 7 nitrogen and oxygen atoms in total. The number of ketones is 1. The zero-order valence-electron chi connectivity index (χ0n) is 14.6. The van der Waals surface area contributed by atoms with Crippen LogP contribution in [0.1, 0.15) is 31.9 Å². The van der Waals surface area contributed by atoms with E-state index in [0.717, 1.165) is 0 Å². The molecule has 24 heavy (non-hydrogen) atoms. The number of ether oxygens (including phenoxy) is 4. The van der Waals surface area contributed by atoms with Gasteiger partial charge < -0.3 is 24.1 Å². The number of carbonyl (C=O) groups is 2. The summed E-state index contributed by atoms with van der Waals surface area (Å²) in [5, 5.41) is 10.3. The van der Waals surface area contributed by atoms with Gasteiger partial charge in [-0.05, 0) is 31.5 Å². The van der Waals surface area contributed by atoms with Gasteiger partial charge in [-0.25, -0.2) is 0 Å². The molecule has 0 amide bonds. The molecule has 1 rings (SSSR count). The van der Waals surface area contributed by atoms with Gasteiger partial charge in [-0.15, -0.1) is 0 Å². The normalized spacial score (nSPS) is 12.9. The molecule has 7 heteroatoms. The average molecular weight is 340 g/mol. The third-order valence-electron chi connectivity index (χ3n) is 3.59. The maximum Gasteiger partial charge on any atom is 0.316 e. The van der Waals surface area contributed by atoms with Crippen molar-refractivity contribution in [3.63, 3.8) is 0 Å². The Kier molecular flexibility index (Phi) is 7.51. The number of benzene rings is 1. The number of carbonyl (C=O) groups excluding carboxylic acids is 2. The molecule has 0 heterocycles. The van der Waals surface area contributed by atoms with Gasteiger partial charge in [0, 0.05) is 6.42 Å². The van der Waals surface area contributed by atoms with Crippen molar-refractivity contribution in [1.29, 1.82) is 0 Å². The highest BCUT2D eigenvalue weighted by atomic mass is 16.5. The number of rotatable bonds is 9. The Morgan fingerprint density at radius 2 is 1.62 bits per heavy atom. The second-order valence-electron chi connectivity index (χ2n) is 5.12. The lowest BCUT2D eigenvalue weighted by Gasteiger charge is -2.17. The number of hydrogen-bond donors (Lipinski definition) is 1. The summed E-state index contributed by atoms with van der Waals surface area (Å²) in [6.45, 7) is 3.33. The zero-order chi connectivity index (χ0) is 18.3. The van der Waals surface area contributed by atoms with E-state index in [-0.39, 0.29) is 13.0 Å². The van der Waals surface area contributed by atoms with Crippen molar-refractivity contribution >= 4 is 11.8 Å². The van der Waals surface area contributed by atoms with Crippen LogP contribution in [-0.4, -0.2) is 44.8 Å². The zero-order valence-corrected chi connectivity index (χ0v) is 14.6. The smallest absolute Gasteiger partial charge is 0.316 e. The van der Waals surface area contributed by atoms with Gasteiger partial charge in [0.1, 0.15) is 11.7 Å². The average Bonchev–Trinajstić information content (AvgIpc) is 2.59. The highest BCUT2D eigenvalue weighted by Crippen LogP contribution is 2.40. The van der Waals surface area contributed by atoms with Gasteiger partial charge in [0.05, 0.1) is 34.0 Å². The first-order valence-electron chi connectivity index (χ1n) is 7.56. The van der Waals surface area contributed by atoms with Crippen LogP contribution in [0.15, 0.2) is 12.1 Å². The van der Waals surface area contributed by atoms with E-state index >= 15 is 0 Å². The first kappa shape index (κ1) is 19.8. The summed E-state index contributed by atoms with van der Waals surface area (Å²) in [6.07, 6.45) is -1.33. The Morgan fingerprint density at radius 1 is 1.08 bits per heavy atom. The molecule has 0 saturated carbocycles. The van der Waals surface area contributed by atoms with Crippen LogP contribution in [0.3, 0.4) is 0 Å². The van der Waals surface area contributed by atoms with Gasteiger partial charge in [0.2, 0.25) is 5.75 Å². The fraction of sp³-hybridized carbons (Fsp3) is 0.529. The van der Waals surface area contributed by atoms with E-state index in [0.29, 0.717) is 22.8 Å². The van der Waals surface area contributed by atoms with Gasteiger partial charge in [0.25, 0.3) is 0 Å². The molecule has 1 N–H and O–H groups in total. The Bertz CT molecular complexity index is 557. The van der Waals surface area contributed by atoms with Crippen LogP contribution in [0.2, 0.25) is 0 Å². The number of Topliss-reactive ketones (excluding diaryl/α,β-unsaturated/α-hetero) is 1. The van der Waals surface area contributed by atoms with Crippen molar-refractivity contribution < 1.29 is 33.6 Å². The molecule has 0 radical (unpaired) electrons. The summed E-state index contributed by atoms with van der Waals surface area (Å²) < 4.78 is 20.5. The van der Waals surface area contributed by atoms with Crippen LogP contribution in [0.5, 0.6) is 17.2 Å². The Balaban J connectivity index is 2.97. The second-order valence-corrected chi connectivity index (χ2v) is 5.12. The molecule has 2 atom stereocenters. The Morgan fingerprint density at radius 3 is 2.04 bits per heavy atom. The molecule has 2 unspecified atom stereocenters. The van der Waals surface area contributed by atoms with E-state index in [1.165, 1.54) is 28.3 Å². The van der Waals surface area contributed by atoms with Crippen molar-refractivity contribution in [2.75, 3.05) is 27.9 Å². The van der Waals surface area contributed by atoms with Crippen LogP contribution in [0.4, 0.5) is 0 Å². The second kappa shape index (κ2) is 9.12. The summed E-state index contributed by atoms with van der Waals surface area (Å²) in [5.41, 5.74) is 0.425. The number of esters is 1. The van der Waals surface area contributed by atoms with E-state index in [9.17, 15) is 14.7 Å². The highest BCUT2D eigenvalue weighted by Gasteiger charge is 2.26. The lowest BCUT2D eigenvalue weighted by Crippen LogP contribution is -2.24. The van der Waals surface area contributed by atoms with E-state index < -0.39 is 23.8 Å². The van der Waals surface area contributed by atoms with Crippen LogP contribution in [-0.2, 0) is 14.3 Å². The summed E-state index contributed by atoms with van der Waals surface area (Å²) >= 11 is 0. The topological polar surface area (TPSA) is 91.3 Å². The first-order chi connectivity index (χ1) is 11.4. The number of methoxy groups -OCH3 is 3. The van der Waals surface area contributed by atoms with E-state index in [1.54, 1.807) is 19.1 Å². The van der Waals surface area contributed by atoms with Crippen LogP contribution in [0, 0.1) is 5.92 Å². The monoisotopic (exact) mass is 340 g/mol. The third-order valence-corrected chi connectivity index (χ3v) is 3.59. The Labute approximate surface area is 141 Å². The van der Waals surface area contributed by atoms with E-state index in [1.807, 2.05) is 0 Å². The molecule has 0 bridgehead atoms. The Hall–Kier alpha value is -2.28.